The fraction of sp³-hybridized carbons (Fsp3) is 0.551. The number of hydrogen-bond donors (Lipinski definition) is 34. The molecule has 0 saturated heterocycles. The molecule has 4 heterocycles. The molecular formula is C89H129N25O32S2. The maximum absolute atomic E-state index is 15.0. The van der Waals surface area contributed by atoms with Crippen LogP contribution in [0.5, 0.6) is 0 Å². The number of fused-ring (bicyclic) bond motifs is 2. The Morgan fingerprint density at radius 2 is 0.804 bits per heavy atom. The number of carboxylic acids is 4. The molecule has 814 valence electrons. The highest BCUT2D eigenvalue weighted by atomic mass is 33.1. The number of carbonyl (C=O) groups excluding carboxylic acids is 12. The van der Waals surface area contributed by atoms with E-state index in [4.69, 9.17) is 16.9 Å². The lowest BCUT2D eigenvalue weighted by atomic mass is 10.0. The molecule has 4 aromatic heterocycles. The fourth-order valence-corrected chi connectivity index (χ4v) is 16.7. The van der Waals surface area contributed by atoms with Gasteiger partial charge in [-0.15, -0.1) is 0 Å². The Morgan fingerprint density at radius 1 is 0.419 bits per heavy atom. The molecule has 0 radical (unpaired) electrons. The van der Waals surface area contributed by atoms with Crippen LogP contribution in [0.25, 0.3) is 22.3 Å². The Hall–Kier alpha value is -14.1. The van der Waals surface area contributed by atoms with Crippen LogP contribution in [-0.4, -0.2) is 364 Å². The van der Waals surface area contributed by atoms with Crippen molar-refractivity contribution in [2.24, 2.45) is 0 Å². The number of rotatable bonds is 68. The maximum atomic E-state index is 15.0. The number of amides is 12. The topological polar surface area (TPSA) is 947 Å². The largest absolute Gasteiger partial charge is 0.481 e. The normalized spacial score (nSPS) is 14.9. The SMILES string of the molecule is C[C@H](CSSC(C)(C)[C@@H](C)NC(=O)[C@H](CCC(=O)NC[C@H](O)[C@@H](O)C[C@H](O)CO)NC(=O)[C@H](CCC(=O)O)NC(=O)[C@H](CCC(=O)NC[C@H](O)C[C@H](O)[C@H](O)CO)NC(=O)[C@H](CCC(=O)O)NC(=O)[C@H](CCC(=O)NCCC[C@H](O)[C@H](O)CO)NC(=O)CC[C@H](NC(=O)c1ccc(NCc2cnc3nc(N)[nH]c(=O)c3n2)cc1)C(=O)O)NC(=O)CC[C@H](NC(=O)c1ccc(NCc2cnc3nc(N)[nH]c(=N)c3n2)cc1)C(=O)O. The number of benzene rings is 2. The van der Waals surface area contributed by atoms with E-state index in [0.717, 1.165) is 0 Å². The number of aromatic nitrogens is 8. The number of hydrogen-bond acceptors (Lipinski definition) is 41. The van der Waals surface area contributed by atoms with Crippen molar-refractivity contribution in [3.63, 3.8) is 0 Å². The van der Waals surface area contributed by atoms with E-state index in [1.54, 1.807) is 39.8 Å². The van der Waals surface area contributed by atoms with E-state index >= 15 is 4.79 Å². The zero-order chi connectivity index (χ0) is 110. The van der Waals surface area contributed by atoms with Crippen LogP contribution in [0, 0.1) is 5.41 Å². The van der Waals surface area contributed by atoms with Crippen LogP contribution < -0.4 is 96.9 Å². The van der Waals surface area contributed by atoms with Gasteiger partial charge in [0.25, 0.3) is 17.4 Å². The lowest BCUT2D eigenvalue weighted by Crippen LogP contribution is -2.60. The highest BCUT2D eigenvalue weighted by molar-refractivity contribution is 8.77. The number of anilines is 4. The smallest absolute Gasteiger partial charge is 0.326 e. The van der Waals surface area contributed by atoms with Gasteiger partial charge in [0, 0.05) is 123 Å². The summed E-state index contributed by atoms with van der Waals surface area (Å²) in [6, 6.07) is -3.45. The third kappa shape index (κ3) is 43.1. The Kier molecular flexibility index (Phi) is 50.9. The molecule has 6 rings (SSSR count). The zero-order valence-corrected chi connectivity index (χ0v) is 82.6. The number of aromatic amines is 2. The second-order valence-electron chi connectivity index (χ2n) is 35.0. The van der Waals surface area contributed by atoms with Crippen LogP contribution in [0.2, 0.25) is 0 Å². The van der Waals surface area contributed by atoms with E-state index < -0.39 is 331 Å². The number of H-pyrrole nitrogens is 2. The number of aliphatic hydroxyl groups is 11. The number of nitrogens with two attached hydrogens (primary N) is 2. The van der Waals surface area contributed by atoms with Gasteiger partial charge >= 0.3 is 23.9 Å². The number of carbonyl (C=O) groups is 16. The first-order valence-electron chi connectivity index (χ1n) is 46.7. The van der Waals surface area contributed by atoms with Gasteiger partial charge in [0.05, 0.1) is 93.3 Å². The molecule has 0 fully saturated rings. The van der Waals surface area contributed by atoms with Gasteiger partial charge in [0.2, 0.25) is 71.0 Å². The molecular weight excluding hydrogens is 2000 g/mol. The summed E-state index contributed by atoms with van der Waals surface area (Å²) in [6.07, 6.45) is -21.6. The standard InChI is InChI=1S/C89H129N25O32S2/c1-42(100-68(129)25-18-57(85(143)144)109-77(135)44-7-11-46(12-8-44)94-32-48-34-98-75-72(102-48)74(90)111-87(91)112-75)41-147-148-89(3,4)43(2)101-79(137)53(16-24-67(128)97-37-62(123)60(121)31-51(119)38-115)105-82(140)56(21-28-71(133)134)108-81(139)54(17-23-66(127)96-36-50(118)30-61(122)64(125)40-117)106-83(141)55(20-27-70(131)132)107-80(138)52(15-22-65(126)93-29-5-6-59(120)63(124)39-116)104-69(130)26-19-58(86(145)146)110-78(136)45-9-13-47(14-10-45)95-33-49-35-99-76-73(103-49)84(142)114-88(92)113-76/h7-14,34-35,42-43,50-64,94-95,115-125H,5-6,15-33,36-41H2,1-4H3,(H,93,126)(H,96,127)(H,97,128)(H,100,129)(H,101,137)(H,104,130)(H,105,140)(H,106,141)(H,107,138)(H,108,139)(H,109,135)(H,110,136)(H,131,132)(H,133,134)(H,143,144)(H,145,146)(H4,90,91,98,111,112)(H3,92,99,113,114,142)/t42-,43-,50-,51+,52+,53+,54+,55+,56+,57+,58+,59+,60+,61+,62+,63-,64-/m1/s1. The van der Waals surface area contributed by atoms with Crippen LogP contribution in [0.1, 0.15) is 175 Å². The summed E-state index contributed by atoms with van der Waals surface area (Å²) in [5.41, 5.74) is 12.5. The lowest BCUT2D eigenvalue weighted by Gasteiger charge is -2.33. The molecule has 36 N–H and O–H groups in total. The molecule has 0 spiro atoms. The van der Waals surface area contributed by atoms with E-state index in [1.165, 1.54) is 70.4 Å². The first kappa shape index (κ1) is 123. The third-order valence-electron chi connectivity index (χ3n) is 22.6. The second-order valence-corrected chi connectivity index (χ2v) is 38.0. The molecule has 12 amide bonds. The summed E-state index contributed by atoms with van der Waals surface area (Å²) >= 11 is 0. The number of nitrogens with zero attached hydrogens (tertiary/aromatic N) is 6. The average molecular weight is 2130 g/mol. The van der Waals surface area contributed by atoms with Gasteiger partial charge < -0.3 is 167 Å². The van der Waals surface area contributed by atoms with Gasteiger partial charge in [0.15, 0.2) is 27.8 Å². The molecule has 0 aliphatic carbocycles. The zero-order valence-electron chi connectivity index (χ0n) is 81.0. The Bertz CT molecular complexity index is 5640. The monoisotopic (exact) mass is 2120 g/mol. The van der Waals surface area contributed by atoms with Gasteiger partial charge in [0.1, 0.15) is 54.5 Å². The van der Waals surface area contributed by atoms with Crippen molar-refractivity contribution in [3.8, 4) is 0 Å². The van der Waals surface area contributed by atoms with E-state index in [-0.39, 0.29) is 102 Å². The molecule has 59 heteroatoms. The van der Waals surface area contributed by atoms with Gasteiger partial charge in [-0.05, 0) is 134 Å². The van der Waals surface area contributed by atoms with Gasteiger partial charge in [-0.1, -0.05) is 21.6 Å². The molecule has 17 atom stereocenters. The number of nitrogen functional groups attached to an aromatic ring is 2. The van der Waals surface area contributed by atoms with E-state index in [9.17, 15) is 153 Å². The van der Waals surface area contributed by atoms with Crippen molar-refractivity contribution in [2.45, 2.75) is 264 Å². The number of aliphatic carboxylic acids is 4. The van der Waals surface area contributed by atoms with E-state index in [2.05, 4.69) is 114 Å². The summed E-state index contributed by atoms with van der Waals surface area (Å²) in [6.45, 7) is 2.68. The predicted molar refractivity (Wildman–Crippen MR) is 525 cm³/mol. The summed E-state index contributed by atoms with van der Waals surface area (Å²) in [4.78, 5) is 261. The maximum Gasteiger partial charge on any atom is 0.326 e. The summed E-state index contributed by atoms with van der Waals surface area (Å²) in [5, 5.41) is 193. The van der Waals surface area contributed by atoms with Gasteiger partial charge in [-0.3, -0.25) is 82.3 Å². The Balaban J connectivity index is 1.19. The highest BCUT2D eigenvalue weighted by Gasteiger charge is 2.38. The van der Waals surface area contributed by atoms with E-state index in [1.807, 2.05) is 0 Å². The van der Waals surface area contributed by atoms with Gasteiger partial charge in [-0.2, -0.15) is 9.97 Å². The minimum absolute atomic E-state index is 0.00510. The van der Waals surface area contributed by atoms with Gasteiger partial charge in [-0.25, -0.2) is 29.5 Å². The molecule has 6 aromatic rings. The Morgan fingerprint density at radius 3 is 1.26 bits per heavy atom. The summed E-state index contributed by atoms with van der Waals surface area (Å²) < 4.78 is -1.000. The second kappa shape index (κ2) is 61.5. The number of aliphatic hydroxyl groups excluding tert-OH is 11. The number of carboxylic acid groups (broad SMARTS) is 4. The highest BCUT2D eigenvalue weighted by Crippen LogP contribution is 2.38. The Labute approximate surface area is 851 Å². The quantitative estimate of drug-likeness (QED) is 0.0125. The van der Waals surface area contributed by atoms with Crippen molar-refractivity contribution >= 4 is 162 Å². The van der Waals surface area contributed by atoms with Crippen molar-refractivity contribution in [1.29, 1.82) is 5.41 Å². The number of nitrogens with one attached hydrogen (secondary N) is 17. The molecule has 0 bridgehead atoms. The van der Waals surface area contributed by atoms with Crippen molar-refractivity contribution < 1.29 is 153 Å². The molecule has 57 nitrogen and oxygen atoms in total. The minimum atomic E-state index is -2.15. The van der Waals surface area contributed by atoms with Crippen LogP contribution in [-0.2, 0) is 80.2 Å². The van der Waals surface area contributed by atoms with Crippen molar-refractivity contribution in [3.05, 3.63) is 99.3 Å². The van der Waals surface area contributed by atoms with E-state index in [0.29, 0.717) is 22.8 Å². The van der Waals surface area contributed by atoms with Crippen LogP contribution in [0.15, 0.2) is 65.7 Å². The van der Waals surface area contributed by atoms with Crippen LogP contribution in [0.4, 0.5) is 23.3 Å². The molecule has 0 aliphatic heterocycles. The summed E-state index contributed by atoms with van der Waals surface area (Å²) in [7, 11) is 2.41. The molecule has 0 saturated carbocycles. The summed E-state index contributed by atoms with van der Waals surface area (Å²) in [5.74, 6) is -19.1. The minimum Gasteiger partial charge on any atom is -0.481 e. The third-order valence-corrected chi connectivity index (χ3v) is 26.2. The molecule has 0 aliphatic rings. The van der Waals surface area contributed by atoms with Crippen molar-refractivity contribution in [1.82, 2.24) is 104 Å². The predicted octanol–water partition coefficient (Wildman–Crippen LogP) is -7.69. The lowest BCUT2D eigenvalue weighted by molar-refractivity contribution is -0.140. The van der Waals surface area contributed by atoms with Crippen molar-refractivity contribution in [2.75, 3.05) is 67.3 Å². The molecule has 0 unspecified atom stereocenters. The molecule has 2 aromatic carbocycles. The molecule has 148 heavy (non-hydrogen) atoms. The average Bonchev–Trinajstić information content (AvgIpc) is 0.811. The first-order chi connectivity index (χ1) is 69.9. The van der Waals surface area contributed by atoms with Crippen LogP contribution >= 0.6 is 21.6 Å². The fourth-order valence-electron chi connectivity index (χ4n) is 13.7. The first-order valence-corrected chi connectivity index (χ1v) is 49.0. The van der Waals surface area contributed by atoms with Crippen LogP contribution in [0.3, 0.4) is 0 Å².